The molecule has 3 rings (SSSR count). The minimum Gasteiger partial charge on any atom is -0.467 e. The second-order valence-corrected chi connectivity index (χ2v) is 5.98. The maximum atomic E-state index is 13.6. The first-order valence-corrected chi connectivity index (χ1v) is 8.20. The highest BCUT2D eigenvalue weighted by Gasteiger charge is 2.25. The molecule has 0 radical (unpaired) electrons. The van der Waals surface area contributed by atoms with Crippen LogP contribution in [0.1, 0.15) is 31.2 Å². The molecule has 1 aliphatic carbocycles. The minimum absolute atomic E-state index is 0.125. The number of ether oxygens (including phenoxy) is 1. The molecule has 0 saturated carbocycles. The normalized spacial score (nSPS) is 20.1. The van der Waals surface area contributed by atoms with Gasteiger partial charge in [0.2, 0.25) is 0 Å². The van der Waals surface area contributed by atoms with Gasteiger partial charge in [-0.15, -0.1) is 0 Å². The number of carbonyl (C=O) groups is 1. The zero-order chi connectivity index (χ0) is 16.9. The van der Waals surface area contributed by atoms with Crippen molar-refractivity contribution in [3.63, 3.8) is 0 Å². The van der Waals surface area contributed by atoms with Crippen LogP contribution < -0.4 is 5.32 Å². The predicted octanol–water partition coefficient (Wildman–Crippen LogP) is 3.80. The van der Waals surface area contributed by atoms with Crippen molar-refractivity contribution in [2.24, 2.45) is 4.99 Å². The first-order chi connectivity index (χ1) is 11.7. The number of nitrogens with zero attached hydrogens (tertiary/aromatic N) is 1. The van der Waals surface area contributed by atoms with Crippen LogP contribution in [0.5, 0.6) is 0 Å². The van der Waals surface area contributed by atoms with Gasteiger partial charge in [-0.3, -0.25) is 4.99 Å². The van der Waals surface area contributed by atoms with Crippen molar-refractivity contribution >= 4 is 17.4 Å². The number of methoxy groups -OCH3 is 1. The van der Waals surface area contributed by atoms with Gasteiger partial charge >= 0.3 is 5.97 Å². The Bertz CT molecular complexity index is 705. The zero-order valence-corrected chi connectivity index (χ0v) is 13.7. The lowest BCUT2D eigenvalue weighted by Crippen LogP contribution is -2.16. The number of allylic oxidation sites excluding steroid dienone is 3. The lowest BCUT2D eigenvalue weighted by atomic mass is 10.0. The fraction of sp³-hybridized carbons (Fsp3) is 0.368. The molecule has 0 aromatic heterocycles. The molecule has 1 heterocycles. The third kappa shape index (κ3) is 3.72. The largest absolute Gasteiger partial charge is 0.467 e. The maximum absolute atomic E-state index is 13.6. The molecular weight excluding hydrogens is 307 g/mol. The number of anilines is 1. The number of carbonyl (C=O) groups excluding carboxylic acids is 1. The Morgan fingerprint density at radius 3 is 2.83 bits per heavy atom. The number of halogens is 1. The van der Waals surface area contributed by atoms with Crippen LogP contribution in [-0.4, -0.2) is 31.4 Å². The molecule has 1 N–H and O–H groups in total. The van der Waals surface area contributed by atoms with Crippen molar-refractivity contribution in [3.8, 4) is 0 Å². The van der Waals surface area contributed by atoms with Crippen molar-refractivity contribution in [2.75, 3.05) is 19.0 Å². The van der Waals surface area contributed by atoms with Crippen molar-refractivity contribution < 1.29 is 13.9 Å². The van der Waals surface area contributed by atoms with Gasteiger partial charge in [0, 0.05) is 17.9 Å². The standard InChI is InChI=1S/C19H21FN2O2/c1-24-19(23)18-11-10-17(22-18)13-6-8-15(9-7-13)21-12-14-4-2-3-5-16(14)20/h3,5-9,18,21H,2,4,10-12H2,1H3. The SMILES string of the molecule is COC(=O)C1CCC(c2ccc(NCC3=C(F)C=CCC3)cc2)=N1. The Labute approximate surface area is 141 Å². The van der Waals surface area contributed by atoms with Crippen molar-refractivity contribution in [2.45, 2.75) is 31.7 Å². The summed E-state index contributed by atoms with van der Waals surface area (Å²) in [5.41, 5.74) is 3.69. The van der Waals surface area contributed by atoms with Crippen molar-refractivity contribution in [3.05, 3.63) is 53.4 Å². The molecule has 1 aromatic rings. The van der Waals surface area contributed by atoms with E-state index >= 15 is 0 Å². The topological polar surface area (TPSA) is 50.7 Å². The van der Waals surface area contributed by atoms with Crippen molar-refractivity contribution in [1.82, 2.24) is 0 Å². The predicted molar refractivity (Wildman–Crippen MR) is 93.0 cm³/mol. The van der Waals surface area contributed by atoms with E-state index in [-0.39, 0.29) is 17.8 Å². The highest BCUT2D eigenvalue weighted by molar-refractivity contribution is 6.03. The molecule has 0 fully saturated rings. The van der Waals surface area contributed by atoms with E-state index in [0.717, 1.165) is 41.8 Å². The van der Waals surface area contributed by atoms with E-state index in [2.05, 4.69) is 10.3 Å². The first kappa shape index (κ1) is 16.4. The number of esters is 1. The van der Waals surface area contributed by atoms with Gasteiger partial charge in [0.15, 0.2) is 0 Å². The van der Waals surface area contributed by atoms with E-state index in [1.165, 1.54) is 7.11 Å². The smallest absolute Gasteiger partial charge is 0.330 e. The van der Waals surface area contributed by atoms with Crippen LogP contribution >= 0.6 is 0 Å². The zero-order valence-electron chi connectivity index (χ0n) is 13.7. The summed E-state index contributed by atoms with van der Waals surface area (Å²) < 4.78 is 18.4. The molecule has 1 atom stereocenters. The Morgan fingerprint density at radius 1 is 1.33 bits per heavy atom. The van der Waals surface area contributed by atoms with Gasteiger partial charge in [0.25, 0.3) is 0 Å². The Kier molecular flexibility index (Phi) is 5.08. The average molecular weight is 328 g/mol. The van der Waals surface area contributed by atoms with Gasteiger partial charge < -0.3 is 10.1 Å². The van der Waals surface area contributed by atoms with Crippen LogP contribution in [0.25, 0.3) is 0 Å². The molecule has 0 saturated heterocycles. The Hall–Kier alpha value is -2.43. The molecule has 1 unspecified atom stereocenters. The van der Waals surface area contributed by atoms with Gasteiger partial charge in [-0.2, -0.15) is 0 Å². The molecule has 1 aromatic carbocycles. The van der Waals surface area contributed by atoms with Crippen LogP contribution in [0.2, 0.25) is 0 Å². The van der Waals surface area contributed by atoms with Crippen LogP contribution in [0.4, 0.5) is 10.1 Å². The van der Waals surface area contributed by atoms with Crippen LogP contribution in [0.15, 0.2) is 52.8 Å². The number of benzene rings is 1. The summed E-state index contributed by atoms with van der Waals surface area (Å²) in [5, 5.41) is 3.25. The van der Waals surface area contributed by atoms with Crippen LogP contribution in [0.3, 0.4) is 0 Å². The summed E-state index contributed by atoms with van der Waals surface area (Å²) in [6, 6.07) is 7.50. The molecule has 5 heteroatoms. The van der Waals surface area contributed by atoms with Gasteiger partial charge in [-0.1, -0.05) is 18.2 Å². The van der Waals surface area contributed by atoms with Gasteiger partial charge in [0.05, 0.1) is 7.11 Å². The van der Waals surface area contributed by atoms with E-state index in [0.29, 0.717) is 13.0 Å². The molecule has 0 amide bonds. The molecule has 0 spiro atoms. The van der Waals surface area contributed by atoms with E-state index < -0.39 is 0 Å². The quantitative estimate of drug-likeness (QED) is 0.837. The number of aliphatic imine (C=N–C) groups is 1. The number of hydrogen-bond acceptors (Lipinski definition) is 4. The number of nitrogens with one attached hydrogen (secondary N) is 1. The number of hydrogen-bond donors (Lipinski definition) is 1. The average Bonchev–Trinajstić information content (AvgIpc) is 3.11. The molecule has 0 bridgehead atoms. The monoisotopic (exact) mass is 328 g/mol. The molecule has 24 heavy (non-hydrogen) atoms. The fourth-order valence-electron chi connectivity index (χ4n) is 2.96. The van der Waals surface area contributed by atoms with E-state index in [9.17, 15) is 9.18 Å². The summed E-state index contributed by atoms with van der Waals surface area (Å²) in [7, 11) is 1.39. The summed E-state index contributed by atoms with van der Waals surface area (Å²) in [5.74, 6) is -0.403. The van der Waals surface area contributed by atoms with Gasteiger partial charge in [-0.05, 0) is 55.0 Å². The molecule has 2 aliphatic rings. The summed E-state index contributed by atoms with van der Waals surface area (Å²) in [4.78, 5) is 16.0. The summed E-state index contributed by atoms with van der Waals surface area (Å²) in [6.45, 7) is 0.515. The van der Waals surface area contributed by atoms with Gasteiger partial charge in [-0.25, -0.2) is 9.18 Å². The third-order valence-corrected chi connectivity index (χ3v) is 4.38. The molecule has 126 valence electrons. The highest BCUT2D eigenvalue weighted by atomic mass is 19.1. The van der Waals surface area contributed by atoms with E-state index in [4.69, 9.17) is 4.74 Å². The minimum atomic E-state index is -0.378. The van der Waals surface area contributed by atoms with Crippen LogP contribution in [-0.2, 0) is 9.53 Å². The van der Waals surface area contributed by atoms with Crippen molar-refractivity contribution in [1.29, 1.82) is 0 Å². The first-order valence-electron chi connectivity index (χ1n) is 8.20. The van der Waals surface area contributed by atoms with E-state index in [1.54, 1.807) is 6.08 Å². The second-order valence-electron chi connectivity index (χ2n) is 5.98. The second kappa shape index (κ2) is 7.43. The Balaban J connectivity index is 1.62. The molecule has 4 nitrogen and oxygen atoms in total. The van der Waals surface area contributed by atoms with E-state index in [1.807, 2.05) is 30.3 Å². The molecular formula is C19H21FN2O2. The lowest BCUT2D eigenvalue weighted by Gasteiger charge is -2.13. The Morgan fingerprint density at radius 2 is 2.12 bits per heavy atom. The third-order valence-electron chi connectivity index (χ3n) is 4.38. The fourth-order valence-corrected chi connectivity index (χ4v) is 2.96. The number of rotatable bonds is 5. The molecule has 1 aliphatic heterocycles. The van der Waals surface area contributed by atoms with Crippen LogP contribution in [0, 0.1) is 0 Å². The lowest BCUT2D eigenvalue weighted by molar-refractivity contribution is -0.141. The van der Waals surface area contributed by atoms with Gasteiger partial charge in [0.1, 0.15) is 11.9 Å². The summed E-state index contributed by atoms with van der Waals surface area (Å²) in [6.07, 6.45) is 6.53. The summed E-state index contributed by atoms with van der Waals surface area (Å²) >= 11 is 0. The maximum Gasteiger partial charge on any atom is 0.330 e. The highest BCUT2D eigenvalue weighted by Crippen LogP contribution is 2.23.